The number of amides is 1. The highest BCUT2D eigenvalue weighted by Gasteiger charge is 2.26. The van der Waals surface area contributed by atoms with Crippen LogP contribution < -0.4 is 0 Å². The minimum absolute atomic E-state index is 0.272. The lowest BCUT2D eigenvalue weighted by Gasteiger charge is -2.34. The molecule has 4 nitrogen and oxygen atoms in total. The van der Waals surface area contributed by atoms with Crippen molar-refractivity contribution in [2.45, 2.75) is 45.1 Å². The van der Waals surface area contributed by atoms with Crippen LogP contribution in [0, 0.1) is 6.92 Å². The molecule has 5 rings (SSSR count). The summed E-state index contributed by atoms with van der Waals surface area (Å²) in [6.45, 7) is 3.72. The molecule has 4 heteroatoms. The molecule has 4 aromatic rings. The van der Waals surface area contributed by atoms with Gasteiger partial charge < -0.3 is 9.47 Å². The number of carbonyl (C=O) groups excluding carboxylic acids is 1. The second-order valence-corrected chi connectivity index (χ2v) is 9.15. The van der Waals surface area contributed by atoms with Crippen molar-refractivity contribution in [2.75, 3.05) is 13.1 Å². The molecule has 0 N–H and O–H groups in total. The van der Waals surface area contributed by atoms with Crippen LogP contribution >= 0.6 is 0 Å². The fraction of sp³-hybridized carbons (Fsp3) is 0.310. The number of aromatic nitrogens is 2. The third-order valence-electron chi connectivity index (χ3n) is 6.80. The van der Waals surface area contributed by atoms with Crippen LogP contribution in [0.4, 0.5) is 0 Å². The first-order chi connectivity index (χ1) is 16.2. The molecule has 0 aliphatic carbocycles. The van der Waals surface area contributed by atoms with Gasteiger partial charge in [-0.1, -0.05) is 72.3 Å². The van der Waals surface area contributed by atoms with Gasteiger partial charge >= 0.3 is 0 Å². The number of aryl methyl sites for hydroxylation is 2. The molecule has 1 saturated heterocycles. The van der Waals surface area contributed by atoms with Gasteiger partial charge in [0, 0.05) is 32.0 Å². The number of para-hydroxylation sites is 2. The number of fused-ring (bicyclic) bond motifs is 1. The lowest BCUT2D eigenvalue weighted by atomic mass is 10.0. The summed E-state index contributed by atoms with van der Waals surface area (Å²) in [5.74, 6) is 1.39. The predicted molar refractivity (Wildman–Crippen MR) is 133 cm³/mol. The maximum Gasteiger partial charge on any atom is 0.222 e. The number of benzene rings is 3. The molecular formula is C29H31N3O. The maximum atomic E-state index is 12.9. The molecule has 33 heavy (non-hydrogen) atoms. The third-order valence-corrected chi connectivity index (χ3v) is 6.80. The first-order valence-electron chi connectivity index (χ1n) is 12.0. The molecule has 1 amide bonds. The summed E-state index contributed by atoms with van der Waals surface area (Å²) in [5, 5.41) is 0. The molecule has 0 radical (unpaired) electrons. The quantitative estimate of drug-likeness (QED) is 0.386. The Hall–Kier alpha value is -3.40. The minimum atomic E-state index is 0.272. The molecule has 1 aromatic heterocycles. The van der Waals surface area contributed by atoms with Crippen LogP contribution in [-0.2, 0) is 17.6 Å². The molecule has 1 fully saturated rings. The van der Waals surface area contributed by atoms with Crippen LogP contribution in [0.1, 0.15) is 47.8 Å². The van der Waals surface area contributed by atoms with Crippen LogP contribution in [0.5, 0.6) is 0 Å². The van der Waals surface area contributed by atoms with Gasteiger partial charge in [0.25, 0.3) is 0 Å². The summed E-state index contributed by atoms with van der Waals surface area (Å²) >= 11 is 0. The summed E-state index contributed by atoms with van der Waals surface area (Å²) in [6.07, 6.45) is 4.16. The van der Waals surface area contributed by atoms with Crippen LogP contribution in [-0.4, -0.2) is 33.4 Å². The van der Waals surface area contributed by atoms with Gasteiger partial charge in [0.2, 0.25) is 5.91 Å². The van der Waals surface area contributed by atoms with Gasteiger partial charge in [-0.25, -0.2) is 4.98 Å². The standard InChI is InChI=1S/C29H31N3O/c1-22-11-13-23(14-12-22)15-16-29(33)31-19-17-25(18-20-31)32-27-10-6-5-9-26(27)30-28(32)21-24-7-3-2-4-8-24/h2-14,25H,15-21H2,1H3. The van der Waals surface area contributed by atoms with Crippen molar-refractivity contribution in [3.63, 3.8) is 0 Å². The third kappa shape index (κ3) is 4.85. The van der Waals surface area contributed by atoms with Gasteiger partial charge in [0.05, 0.1) is 11.0 Å². The maximum absolute atomic E-state index is 12.9. The molecule has 1 aliphatic rings. The Morgan fingerprint density at radius 1 is 0.879 bits per heavy atom. The van der Waals surface area contributed by atoms with Crippen molar-refractivity contribution in [3.05, 3.63) is 101 Å². The van der Waals surface area contributed by atoms with Crippen molar-refractivity contribution >= 4 is 16.9 Å². The van der Waals surface area contributed by atoms with Gasteiger partial charge in [0.15, 0.2) is 0 Å². The highest BCUT2D eigenvalue weighted by atomic mass is 16.2. The van der Waals surface area contributed by atoms with E-state index < -0.39 is 0 Å². The number of nitrogens with zero attached hydrogens (tertiary/aromatic N) is 3. The van der Waals surface area contributed by atoms with E-state index >= 15 is 0 Å². The largest absolute Gasteiger partial charge is 0.343 e. The molecule has 2 heterocycles. The van der Waals surface area contributed by atoms with Gasteiger partial charge in [-0.05, 0) is 49.4 Å². The highest BCUT2D eigenvalue weighted by molar-refractivity contribution is 5.77. The zero-order valence-electron chi connectivity index (χ0n) is 19.3. The van der Waals surface area contributed by atoms with Gasteiger partial charge in [-0.3, -0.25) is 4.79 Å². The van der Waals surface area contributed by atoms with E-state index in [0.29, 0.717) is 12.5 Å². The Labute approximate surface area is 195 Å². The molecular weight excluding hydrogens is 406 g/mol. The van der Waals surface area contributed by atoms with E-state index in [9.17, 15) is 4.79 Å². The zero-order chi connectivity index (χ0) is 22.6. The molecule has 0 saturated carbocycles. The number of piperidine rings is 1. The fourth-order valence-electron chi connectivity index (χ4n) is 4.94. The average molecular weight is 438 g/mol. The average Bonchev–Trinajstić information content (AvgIpc) is 3.22. The summed E-state index contributed by atoms with van der Waals surface area (Å²) in [6, 6.07) is 27.9. The lowest BCUT2D eigenvalue weighted by molar-refractivity contribution is -0.132. The van der Waals surface area contributed by atoms with E-state index in [1.54, 1.807) is 0 Å². The SMILES string of the molecule is Cc1ccc(CCC(=O)N2CCC(n3c(Cc4ccccc4)nc4ccccc43)CC2)cc1. The molecule has 3 aromatic carbocycles. The molecule has 0 bridgehead atoms. The van der Waals surface area contributed by atoms with Crippen molar-refractivity contribution < 1.29 is 4.79 Å². The highest BCUT2D eigenvalue weighted by Crippen LogP contribution is 2.30. The fourth-order valence-corrected chi connectivity index (χ4v) is 4.94. The van der Waals surface area contributed by atoms with E-state index in [0.717, 1.165) is 50.1 Å². The second-order valence-electron chi connectivity index (χ2n) is 9.15. The Bertz CT molecular complexity index is 1220. The molecule has 0 atom stereocenters. The lowest BCUT2D eigenvalue weighted by Crippen LogP contribution is -2.39. The van der Waals surface area contributed by atoms with Gasteiger partial charge in [-0.2, -0.15) is 0 Å². The summed E-state index contributed by atoms with van der Waals surface area (Å²) < 4.78 is 2.44. The van der Waals surface area contributed by atoms with E-state index in [1.807, 2.05) is 0 Å². The van der Waals surface area contributed by atoms with Crippen LogP contribution in [0.2, 0.25) is 0 Å². The number of hydrogen-bond acceptors (Lipinski definition) is 2. The Morgan fingerprint density at radius 3 is 2.33 bits per heavy atom. The topological polar surface area (TPSA) is 38.1 Å². The summed E-state index contributed by atoms with van der Waals surface area (Å²) in [4.78, 5) is 19.9. The first kappa shape index (κ1) is 21.4. The van der Waals surface area contributed by atoms with Crippen LogP contribution in [0.3, 0.4) is 0 Å². The summed E-state index contributed by atoms with van der Waals surface area (Å²) in [7, 11) is 0. The van der Waals surface area contributed by atoms with Crippen molar-refractivity contribution in [2.24, 2.45) is 0 Å². The monoisotopic (exact) mass is 437 g/mol. The number of imidazole rings is 1. The van der Waals surface area contributed by atoms with E-state index in [2.05, 4.69) is 95.3 Å². The predicted octanol–water partition coefficient (Wildman–Crippen LogP) is 5.73. The second kappa shape index (κ2) is 9.62. The van der Waals surface area contributed by atoms with Gasteiger partial charge in [-0.15, -0.1) is 0 Å². The van der Waals surface area contributed by atoms with E-state index in [-0.39, 0.29) is 5.91 Å². The Morgan fingerprint density at radius 2 is 1.58 bits per heavy atom. The normalized spacial score (nSPS) is 14.6. The molecule has 0 unspecified atom stereocenters. The van der Waals surface area contributed by atoms with Crippen LogP contribution in [0.15, 0.2) is 78.9 Å². The minimum Gasteiger partial charge on any atom is -0.343 e. The van der Waals surface area contributed by atoms with E-state index in [4.69, 9.17) is 4.98 Å². The first-order valence-corrected chi connectivity index (χ1v) is 12.0. The Balaban J connectivity index is 1.27. The number of likely N-dealkylation sites (tertiary alicyclic amines) is 1. The Kier molecular flexibility index (Phi) is 6.25. The van der Waals surface area contributed by atoms with Crippen molar-refractivity contribution in [1.29, 1.82) is 0 Å². The van der Waals surface area contributed by atoms with E-state index in [1.165, 1.54) is 22.2 Å². The molecule has 1 aliphatic heterocycles. The van der Waals surface area contributed by atoms with Crippen LogP contribution in [0.25, 0.3) is 11.0 Å². The molecule has 0 spiro atoms. The molecule has 168 valence electrons. The smallest absolute Gasteiger partial charge is 0.222 e. The number of hydrogen-bond donors (Lipinski definition) is 0. The van der Waals surface area contributed by atoms with Crippen molar-refractivity contribution in [1.82, 2.24) is 14.5 Å². The van der Waals surface area contributed by atoms with Gasteiger partial charge in [0.1, 0.15) is 5.82 Å². The zero-order valence-corrected chi connectivity index (χ0v) is 19.3. The van der Waals surface area contributed by atoms with Crippen molar-refractivity contribution in [3.8, 4) is 0 Å². The number of rotatable bonds is 6. The number of carbonyl (C=O) groups is 1. The summed E-state index contributed by atoms with van der Waals surface area (Å²) in [5.41, 5.74) is 6.02.